The molecule has 144 valence electrons. The highest BCUT2D eigenvalue weighted by Crippen LogP contribution is 2.30. The van der Waals surface area contributed by atoms with Crippen LogP contribution in [0.3, 0.4) is 0 Å². The molecule has 0 saturated carbocycles. The number of anilines is 1. The summed E-state index contributed by atoms with van der Waals surface area (Å²) in [6.07, 6.45) is 1.61. The first kappa shape index (κ1) is 19.7. The molecule has 0 aliphatic rings. The Labute approximate surface area is 164 Å². The number of aromatic nitrogens is 1. The zero-order valence-electron chi connectivity index (χ0n) is 14.8. The van der Waals surface area contributed by atoms with E-state index in [0.29, 0.717) is 16.9 Å². The number of aliphatic hydroxyl groups is 1. The summed E-state index contributed by atoms with van der Waals surface area (Å²) in [6, 6.07) is 15.2. The van der Waals surface area contributed by atoms with Crippen molar-refractivity contribution in [2.75, 3.05) is 18.9 Å². The average Bonchev–Trinajstić information content (AvgIpc) is 2.72. The van der Waals surface area contributed by atoms with Crippen LogP contribution in [0.4, 0.5) is 5.82 Å². The number of aliphatic hydroxyl groups excluding tert-OH is 1. The van der Waals surface area contributed by atoms with Gasteiger partial charge in [0, 0.05) is 34.3 Å². The van der Waals surface area contributed by atoms with E-state index in [2.05, 4.69) is 10.3 Å². The van der Waals surface area contributed by atoms with Gasteiger partial charge >= 0.3 is 0 Å². The number of carbonyl (C=O) groups excluding carboxylic acids is 1. The van der Waals surface area contributed by atoms with Crippen molar-refractivity contribution in [3.05, 3.63) is 66.4 Å². The number of pyridine rings is 1. The predicted molar refractivity (Wildman–Crippen MR) is 106 cm³/mol. The largest absolute Gasteiger partial charge is 0.768 e. The molecule has 0 bridgehead atoms. The van der Waals surface area contributed by atoms with Crippen LogP contribution in [-0.4, -0.2) is 37.9 Å². The zero-order chi connectivity index (χ0) is 20.1. The molecule has 1 aromatic heterocycles. The predicted octanol–water partition coefficient (Wildman–Crippen LogP) is 1.96. The summed E-state index contributed by atoms with van der Waals surface area (Å²) < 4.78 is 22.0. The Kier molecular flexibility index (Phi) is 6.15. The molecule has 3 aromatic rings. The highest BCUT2D eigenvalue weighted by Gasteiger charge is 2.11. The Bertz CT molecular complexity index is 1020. The zero-order valence-corrected chi connectivity index (χ0v) is 15.6. The lowest BCUT2D eigenvalue weighted by Crippen LogP contribution is -2.26. The molecule has 1 atom stereocenters. The van der Waals surface area contributed by atoms with Gasteiger partial charge in [-0.05, 0) is 52.5 Å². The molecule has 8 heteroatoms. The van der Waals surface area contributed by atoms with Crippen LogP contribution >= 0.6 is 0 Å². The van der Waals surface area contributed by atoms with Gasteiger partial charge in [-0.2, -0.15) is 0 Å². The van der Waals surface area contributed by atoms with Gasteiger partial charge in [-0.25, -0.2) is 4.98 Å². The van der Waals surface area contributed by atoms with E-state index in [1.165, 1.54) is 12.1 Å². The molecule has 7 nitrogen and oxygen atoms in total. The van der Waals surface area contributed by atoms with Crippen LogP contribution in [-0.2, 0) is 11.1 Å². The van der Waals surface area contributed by atoms with E-state index in [9.17, 15) is 13.6 Å². The fourth-order valence-electron chi connectivity index (χ4n) is 2.72. The maximum absolute atomic E-state index is 12.1. The molecule has 2 aromatic carbocycles. The van der Waals surface area contributed by atoms with E-state index >= 15 is 0 Å². The molecule has 1 unspecified atom stereocenters. The average molecular weight is 396 g/mol. The third-order valence-corrected chi connectivity index (χ3v) is 4.79. The number of nitrogens with two attached hydrogens (primary N) is 1. The monoisotopic (exact) mass is 396 g/mol. The number of rotatable bonds is 6. The third-order valence-electron chi connectivity index (χ3n) is 4.13. The molecular weight excluding hydrogens is 378 g/mol. The molecule has 4 N–H and O–H groups in total. The van der Waals surface area contributed by atoms with Crippen LogP contribution in [0.25, 0.3) is 22.3 Å². The summed E-state index contributed by atoms with van der Waals surface area (Å²) in [7, 11) is 0. The van der Waals surface area contributed by atoms with Crippen LogP contribution in [0.1, 0.15) is 10.4 Å². The summed E-state index contributed by atoms with van der Waals surface area (Å²) in [5, 5.41) is 11.5. The van der Waals surface area contributed by atoms with Gasteiger partial charge < -0.3 is 20.7 Å². The van der Waals surface area contributed by atoms with Gasteiger partial charge in [0.15, 0.2) is 0 Å². The smallest absolute Gasteiger partial charge is 0.251 e. The van der Waals surface area contributed by atoms with E-state index in [4.69, 9.17) is 10.8 Å². The minimum atomic E-state index is -2.28. The number of nitrogens with one attached hydrogen (secondary N) is 1. The topological polar surface area (TPSA) is 128 Å². The molecule has 0 aliphatic carbocycles. The van der Waals surface area contributed by atoms with Crippen LogP contribution < -0.4 is 11.1 Å². The van der Waals surface area contributed by atoms with Crippen LogP contribution in [0.2, 0.25) is 0 Å². The van der Waals surface area contributed by atoms with Crippen molar-refractivity contribution in [3.8, 4) is 22.3 Å². The molecule has 3 rings (SSSR count). The number of hydrogen-bond donors (Lipinski definition) is 3. The second-order valence-electron chi connectivity index (χ2n) is 5.98. The van der Waals surface area contributed by atoms with Crippen molar-refractivity contribution in [2.45, 2.75) is 4.90 Å². The van der Waals surface area contributed by atoms with Crippen molar-refractivity contribution in [2.24, 2.45) is 0 Å². The van der Waals surface area contributed by atoms with Crippen molar-refractivity contribution in [3.63, 3.8) is 0 Å². The molecule has 1 amide bonds. The number of hydrogen-bond acceptors (Lipinski definition) is 6. The fourth-order valence-corrected chi connectivity index (χ4v) is 3.08. The van der Waals surface area contributed by atoms with Crippen molar-refractivity contribution >= 4 is 22.8 Å². The molecule has 1 heterocycles. The molecule has 0 spiro atoms. The number of nitrogens with zero attached hydrogens (tertiary/aromatic N) is 1. The quantitative estimate of drug-likeness (QED) is 0.546. The Hall–Kier alpha value is -3.07. The van der Waals surface area contributed by atoms with Crippen LogP contribution in [0.15, 0.2) is 65.7 Å². The minimum absolute atomic E-state index is 0.136. The lowest BCUT2D eigenvalue weighted by atomic mass is 9.99. The standard InChI is InChI=1S/C20H19N3O4S/c21-19-18(14-2-1-3-15(10-14)20(25)22-8-9-24)11-16(12-23-19)13-4-6-17(7-5-13)28(26)27/h1-7,10-12,24H,8-9H2,(H2,21,23)(H,22,25)(H,26,27)/p-1. The second-order valence-corrected chi connectivity index (χ2v) is 6.92. The summed E-state index contributed by atoms with van der Waals surface area (Å²) in [5.74, 6) is 0.0220. The Morgan fingerprint density at radius 2 is 1.86 bits per heavy atom. The van der Waals surface area contributed by atoms with Crippen molar-refractivity contribution in [1.29, 1.82) is 0 Å². The van der Waals surface area contributed by atoms with Gasteiger partial charge in [-0.3, -0.25) is 9.00 Å². The number of amides is 1. The maximum atomic E-state index is 12.1. The van der Waals surface area contributed by atoms with E-state index in [-0.39, 0.29) is 24.0 Å². The molecule has 28 heavy (non-hydrogen) atoms. The van der Waals surface area contributed by atoms with Gasteiger partial charge in [0.05, 0.1) is 6.61 Å². The Morgan fingerprint density at radius 1 is 1.11 bits per heavy atom. The second kappa shape index (κ2) is 8.75. The molecule has 0 radical (unpaired) electrons. The maximum Gasteiger partial charge on any atom is 0.251 e. The Balaban J connectivity index is 1.96. The van der Waals surface area contributed by atoms with Crippen molar-refractivity contribution in [1.82, 2.24) is 10.3 Å². The van der Waals surface area contributed by atoms with Crippen molar-refractivity contribution < 1.29 is 18.7 Å². The first-order valence-electron chi connectivity index (χ1n) is 8.44. The highest BCUT2D eigenvalue weighted by atomic mass is 32.2. The molecular formula is C20H18N3O4S-. The lowest BCUT2D eigenvalue weighted by Gasteiger charge is -2.11. The third kappa shape index (κ3) is 4.42. The van der Waals surface area contributed by atoms with Crippen LogP contribution in [0.5, 0.6) is 0 Å². The first-order valence-corrected chi connectivity index (χ1v) is 9.52. The summed E-state index contributed by atoms with van der Waals surface area (Å²) >= 11 is -2.28. The number of carbonyl (C=O) groups is 1. The number of benzene rings is 2. The van der Waals surface area contributed by atoms with Gasteiger partial charge in [-0.1, -0.05) is 24.3 Å². The summed E-state index contributed by atoms with van der Waals surface area (Å²) in [6.45, 7) is 0.0372. The molecule has 0 fully saturated rings. The van der Waals surface area contributed by atoms with Crippen LogP contribution in [0, 0.1) is 0 Å². The van der Waals surface area contributed by atoms with Gasteiger partial charge in [-0.15, -0.1) is 0 Å². The van der Waals surface area contributed by atoms with Gasteiger partial charge in [0.2, 0.25) is 0 Å². The SMILES string of the molecule is Nc1ncc(-c2ccc(S(=O)[O-])cc2)cc1-c1cccc(C(=O)NCCO)c1. The minimum Gasteiger partial charge on any atom is -0.768 e. The van der Waals surface area contributed by atoms with E-state index in [1.54, 1.807) is 36.5 Å². The fraction of sp³-hybridized carbons (Fsp3) is 0.100. The highest BCUT2D eigenvalue weighted by molar-refractivity contribution is 7.79. The molecule has 0 aliphatic heterocycles. The lowest BCUT2D eigenvalue weighted by molar-refractivity contribution is 0.0945. The van der Waals surface area contributed by atoms with Gasteiger partial charge in [0.25, 0.3) is 5.91 Å². The summed E-state index contributed by atoms with van der Waals surface area (Å²) in [5.41, 5.74) is 9.42. The number of nitrogen functional groups attached to an aromatic ring is 1. The van der Waals surface area contributed by atoms with E-state index in [1.807, 2.05) is 12.1 Å². The normalized spacial score (nSPS) is 11.8. The van der Waals surface area contributed by atoms with E-state index < -0.39 is 11.1 Å². The Morgan fingerprint density at radius 3 is 2.54 bits per heavy atom. The summed E-state index contributed by atoms with van der Waals surface area (Å²) in [4.78, 5) is 16.6. The first-order chi connectivity index (χ1) is 13.5. The molecule has 0 saturated heterocycles. The van der Waals surface area contributed by atoms with E-state index in [0.717, 1.165) is 16.7 Å². The van der Waals surface area contributed by atoms with Gasteiger partial charge in [0.1, 0.15) is 5.82 Å².